The first-order chi connectivity index (χ1) is 14.2. The minimum atomic E-state index is -4.60. The average Bonchev–Trinajstić information content (AvgIpc) is 3.15. The van der Waals surface area contributed by atoms with Crippen LogP contribution in [-0.2, 0) is 6.18 Å². The number of H-pyrrole nitrogens is 1. The van der Waals surface area contributed by atoms with Crippen LogP contribution < -0.4 is 0 Å². The summed E-state index contributed by atoms with van der Waals surface area (Å²) >= 11 is 3.39. The number of rotatable bonds is 2. The molecule has 1 saturated heterocycles. The van der Waals surface area contributed by atoms with Gasteiger partial charge in [0, 0.05) is 41.6 Å². The minimum Gasteiger partial charge on any atom is -0.351 e. The molecule has 9 heteroatoms. The molecule has 1 aromatic heterocycles. The Morgan fingerprint density at radius 3 is 2.20 bits per heavy atom. The number of amides is 2. The lowest BCUT2D eigenvalue weighted by atomic mass is 10.1. The van der Waals surface area contributed by atoms with E-state index >= 15 is 0 Å². The zero-order valence-electron chi connectivity index (χ0n) is 15.7. The van der Waals surface area contributed by atoms with E-state index in [1.807, 2.05) is 18.2 Å². The third-order valence-corrected chi connectivity index (χ3v) is 5.62. The van der Waals surface area contributed by atoms with Crippen LogP contribution in [0.15, 0.2) is 53.0 Å². The van der Waals surface area contributed by atoms with E-state index in [-0.39, 0.29) is 37.6 Å². The first-order valence-corrected chi connectivity index (χ1v) is 10.1. The summed E-state index contributed by atoms with van der Waals surface area (Å²) in [6.07, 6.45) is -4.60. The summed E-state index contributed by atoms with van der Waals surface area (Å²) < 4.78 is 40.5. The van der Waals surface area contributed by atoms with Crippen molar-refractivity contribution in [1.29, 1.82) is 0 Å². The van der Waals surface area contributed by atoms with Gasteiger partial charge in [-0.05, 0) is 36.4 Å². The zero-order valence-corrected chi connectivity index (χ0v) is 17.3. The van der Waals surface area contributed by atoms with Crippen molar-refractivity contribution in [3.8, 4) is 0 Å². The molecule has 3 aromatic rings. The fraction of sp³-hybridized carbons (Fsp3) is 0.238. The Morgan fingerprint density at radius 2 is 1.53 bits per heavy atom. The van der Waals surface area contributed by atoms with Gasteiger partial charge in [0.05, 0.1) is 11.1 Å². The fourth-order valence-corrected chi connectivity index (χ4v) is 3.97. The van der Waals surface area contributed by atoms with E-state index in [1.54, 1.807) is 11.0 Å². The lowest BCUT2D eigenvalue weighted by Crippen LogP contribution is -2.50. The number of benzene rings is 2. The first kappa shape index (κ1) is 20.5. The molecular weight excluding hydrogens is 463 g/mol. The van der Waals surface area contributed by atoms with Crippen molar-refractivity contribution in [2.75, 3.05) is 26.2 Å². The van der Waals surface area contributed by atoms with Gasteiger partial charge in [-0.25, -0.2) is 0 Å². The molecule has 156 valence electrons. The number of nitrogens with zero attached hydrogens (tertiary/aromatic N) is 2. The lowest BCUT2D eigenvalue weighted by molar-refractivity contribution is -0.138. The van der Waals surface area contributed by atoms with E-state index in [4.69, 9.17) is 0 Å². The second-order valence-electron chi connectivity index (χ2n) is 7.04. The van der Waals surface area contributed by atoms with Crippen molar-refractivity contribution >= 4 is 38.6 Å². The molecule has 1 N–H and O–H groups in total. The highest BCUT2D eigenvalue weighted by Crippen LogP contribution is 2.32. The number of hydrogen-bond donors (Lipinski definition) is 1. The molecule has 0 bridgehead atoms. The number of halogens is 4. The SMILES string of the molecule is O=C(c1cc2cc(Br)ccc2[nH]1)N1CCN(C(=O)c2ccccc2C(F)(F)F)CC1. The van der Waals surface area contributed by atoms with E-state index < -0.39 is 17.6 Å². The number of aromatic amines is 1. The average molecular weight is 480 g/mol. The van der Waals surface area contributed by atoms with Crippen LogP contribution in [0.4, 0.5) is 13.2 Å². The van der Waals surface area contributed by atoms with Crippen LogP contribution >= 0.6 is 15.9 Å². The van der Waals surface area contributed by atoms with E-state index in [1.165, 1.54) is 23.1 Å². The second kappa shape index (κ2) is 7.79. The Kier molecular flexibility index (Phi) is 5.31. The number of alkyl halides is 3. The molecule has 0 unspecified atom stereocenters. The van der Waals surface area contributed by atoms with E-state index in [9.17, 15) is 22.8 Å². The fourth-order valence-electron chi connectivity index (χ4n) is 3.59. The number of piperazine rings is 1. The predicted molar refractivity (Wildman–Crippen MR) is 109 cm³/mol. The molecule has 0 saturated carbocycles. The van der Waals surface area contributed by atoms with Gasteiger partial charge < -0.3 is 14.8 Å². The lowest BCUT2D eigenvalue weighted by Gasteiger charge is -2.35. The van der Waals surface area contributed by atoms with Crippen molar-refractivity contribution in [3.05, 3.63) is 69.8 Å². The Labute approximate surface area is 178 Å². The second-order valence-corrected chi connectivity index (χ2v) is 7.96. The van der Waals surface area contributed by atoms with E-state index in [0.717, 1.165) is 21.4 Å². The number of carbonyl (C=O) groups excluding carboxylic acids is 2. The van der Waals surface area contributed by atoms with Crippen molar-refractivity contribution in [3.63, 3.8) is 0 Å². The van der Waals surface area contributed by atoms with Crippen LogP contribution in [0.5, 0.6) is 0 Å². The maximum absolute atomic E-state index is 13.2. The molecule has 4 rings (SSSR count). The molecule has 0 radical (unpaired) electrons. The molecule has 5 nitrogen and oxygen atoms in total. The quantitative estimate of drug-likeness (QED) is 0.586. The molecule has 1 aliphatic rings. The molecule has 0 atom stereocenters. The van der Waals surface area contributed by atoms with Crippen LogP contribution in [0.2, 0.25) is 0 Å². The largest absolute Gasteiger partial charge is 0.417 e. The summed E-state index contributed by atoms with van der Waals surface area (Å²) in [5.74, 6) is -0.879. The van der Waals surface area contributed by atoms with Crippen molar-refractivity contribution < 1.29 is 22.8 Å². The highest BCUT2D eigenvalue weighted by molar-refractivity contribution is 9.10. The summed E-state index contributed by atoms with van der Waals surface area (Å²) in [4.78, 5) is 31.5. The minimum absolute atomic E-state index is 0.169. The molecule has 2 aromatic carbocycles. The number of hydrogen-bond acceptors (Lipinski definition) is 2. The normalized spacial score (nSPS) is 14.9. The van der Waals surface area contributed by atoms with Crippen LogP contribution in [0.25, 0.3) is 10.9 Å². The monoisotopic (exact) mass is 479 g/mol. The maximum Gasteiger partial charge on any atom is 0.417 e. The van der Waals surface area contributed by atoms with Crippen molar-refractivity contribution in [1.82, 2.24) is 14.8 Å². The van der Waals surface area contributed by atoms with E-state index in [2.05, 4.69) is 20.9 Å². The van der Waals surface area contributed by atoms with Gasteiger partial charge in [-0.3, -0.25) is 9.59 Å². The van der Waals surface area contributed by atoms with Gasteiger partial charge in [0.2, 0.25) is 0 Å². The zero-order chi connectivity index (χ0) is 21.5. The molecule has 0 aliphatic carbocycles. The third-order valence-electron chi connectivity index (χ3n) is 5.13. The van der Waals surface area contributed by atoms with Crippen molar-refractivity contribution in [2.45, 2.75) is 6.18 Å². The summed E-state index contributed by atoms with van der Waals surface area (Å²) in [5, 5.41) is 0.894. The van der Waals surface area contributed by atoms with Gasteiger partial charge in [-0.15, -0.1) is 0 Å². The summed E-state index contributed by atoms with van der Waals surface area (Å²) in [6.45, 7) is 0.834. The Morgan fingerprint density at radius 1 is 0.900 bits per heavy atom. The summed E-state index contributed by atoms with van der Waals surface area (Å²) in [7, 11) is 0. The Hall–Kier alpha value is -2.81. The van der Waals surface area contributed by atoms with Gasteiger partial charge in [-0.1, -0.05) is 28.1 Å². The van der Waals surface area contributed by atoms with Crippen LogP contribution in [0.3, 0.4) is 0 Å². The molecule has 1 fully saturated rings. The number of fused-ring (bicyclic) bond motifs is 1. The van der Waals surface area contributed by atoms with Crippen LogP contribution in [0, 0.1) is 0 Å². The molecule has 30 heavy (non-hydrogen) atoms. The third kappa shape index (κ3) is 3.94. The summed E-state index contributed by atoms with van der Waals surface area (Å²) in [5.41, 5.74) is -0.0480. The molecule has 0 spiro atoms. The highest BCUT2D eigenvalue weighted by Gasteiger charge is 2.36. The van der Waals surface area contributed by atoms with Gasteiger partial charge in [0.25, 0.3) is 11.8 Å². The van der Waals surface area contributed by atoms with Gasteiger partial charge >= 0.3 is 6.18 Å². The number of nitrogens with one attached hydrogen (secondary N) is 1. The van der Waals surface area contributed by atoms with Crippen LogP contribution in [0.1, 0.15) is 26.4 Å². The highest BCUT2D eigenvalue weighted by atomic mass is 79.9. The predicted octanol–water partition coefficient (Wildman–Crippen LogP) is 4.55. The van der Waals surface area contributed by atoms with Crippen molar-refractivity contribution in [2.24, 2.45) is 0 Å². The van der Waals surface area contributed by atoms with Crippen LogP contribution in [-0.4, -0.2) is 52.8 Å². The Balaban J connectivity index is 1.46. The van der Waals surface area contributed by atoms with Gasteiger partial charge in [0.1, 0.15) is 5.69 Å². The standard InChI is InChI=1S/C21H17BrF3N3O2/c22-14-5-6-17-13(11-14)12-18(26-17)20(30)28-9-7-27(8-10-28)19(29)15-3-1-2-4-16(15)21(23,24)25/h1-6,11-12,26H,7-10H2. The van der Waals surface area contributed by atoms with Gasteiger partial charge in [0.15, 0.2) is 0 Å². The first-order valence-electron chi connectivity index (χ1n) is 9.27. The topological polar surface area (TPSA) is 56.4 Å². The molecule has 2 amide bonds. The molecule has 2 heterocycles. The maximum atomic E-state index is 13.2. The van der Waals surface area contributed by atoms with Gasteiger partial charge in [-0.2, -0.15) is 13.2 Å². The smallest absolute Gasteiger partial charge is 0.351 e. The van der Waals surface area contributed by atoms with E-state index in [0.29, 0.717) is 5.69 Å². The molecular formula is C21H17BrF3N3O2. The summed E-state index contributed by atoms with van der Waals surface area (Å²) in [6, 6.07) is 12.2. The number of aromatic nitrogens is 1. The molecule has 1 aliphatic heterocycles. The number of carbonyl (C=O) groups is 2. The Bertz CT molecular complexity index is 1120.